The first-order valence-corrected chi connectivity index (χ1v) is 6.84. The van der Waals surface area contributed by atoms with Gasteiger partial charge in [0.05, 0.1) is 4.88 Å². The molecule has 0 saturated carbocycles. The Balaban J connectivity index is 2.35. The average molecular weight is 277 g/mol. The normalized spacial score (nSPS) is 10.7. The summed E-state index contributed by atoms with van der Waals surface area (Å²) in [5.74, 6) is 0.302. The molecule has 0 aromatic carbocycles. The molecular formula is C13H15N3O2S. The van der Waals surface area contributed by atoms with Crippen molar-refractivity contribution in [2.24, 2.45) is 5.92 Å². The Morgan fingerprint density at radius 1 is 1.53 bits per heavy atom. The molecule has 0 spiro atoms. The van der Waals surface area contributed by atoms with Crippen molar-refractivity contribution in [3.8, 4) is 10.7 Å². The van der Waals surface area contributed by atoms with Gasteiger partial charge in [-0.3, -0.25) is 0 Å². The van der Waals surface area contributed by atoms with Gasteiger partial charge in [0.2, 0.25) is 0 Å². The molecule has 0 fully saturated rings. The van der Waals surface area contributed by atoms with Crippen LogP contribution in [0.1, 0.15) is 24.2 Å². The minimum atomic E-state index is -1.02. The van der Waals surface area contributed by atoms with Gasteiger partial charge < -0.3 is 10.4 Å². The standard InChI is InChI=1S/C13H15N3O2S/c1-8(2)6-14-11-9(13(17)18)7-15-12(16-11)10-4-3-5-19-10/h3-5,7-8H,6H2,1-2H3,(H,17,18)(H,14,15,16). The molecule has 2 aromatic rings. The number of aromatic nitrogens is 2. The molecule has 0 bridgehead atoms. The molecule has 0 atom stereocenters. The van der Waals surface area contributed by atoms with Gasteiger partial charge in [-0.15, -0.1) is 11.3 Å². The molecule has 6 heteroatoms. The lowest BCUT2D eigenvalue weighted by Crippen LogP contribution is -2.14. The zero-order valence-corrected chi connectivity index (χ0v) is 11.6. The third-order valence-corrected chi connectivity index (χ3v) is 3.30. The van der Waals surface area contributed by atoms with Crippen molar-refractivity contribution < 1.29 is 9.90 Å². The van der Waals surface area contributed by atoms with E-state index in [0.29, 0.717) is 24.1 Å². The van der Waals surface area contributed by atoms with E-state index in [4.69, 9.17) is 5.11 Å². The van der Waals surface area contributed by atoms with Crippen LogP contribution in [0.4, 0.5) is 5.82 Å². The SMILES string of the molecule is CC(C)CNc1nc(-c2cccs2)ncc1C(=O)O. The summed E-state index contributed by atoms with van der Waals surface area (Å²) in [6.45, 7) is 4.77. The van der Waals surface area contributed by atoms with Gasteiger partial charge in [-0.25, -0.2) is 14.8 Å². The summed E-state index contributed by atoms with van der Waals surface area (Å²) < 4.78 is 0. The van der Waals surface area contributed by atoms with E-state index in [1.165, 1.54) is 17.5 Å². The van der Waals surface area contributed by atoms with Crippen LogP contribution in [0.15, 0.2) is 23.7 Å². The van der Waals surface area contributed by atoms with Gasteiger partial charge in [-0.05, 0) is 17.4 Å². The van der Waals surface area contributed by atoms with Gasteiger partial charge in [0.25, 0.3) is 0 Å². The molecule has 0 unspecified atom stereocenters. The van der Waals surface area contributed by atoms with Crippen LogP contribution in [0.2, 0.25) is 0 Å². The minimum absolute atomic E-state index is 0.0981. The maximum atomic E-state index is 11.1. The summed E-state index contributed by atoms with van der Waals surface area (Å²) in [6.07, 6.45) is 1.35. The monoisotopic (exact) mass is 277 g/mol. The zero-order valence-electron chi connectivity index (χ0n) is 10.8. The van der Waals surface area contributed by atoms with Gasteiger partial charge in [-0.2, -0.15) is 0 Å². The number of nitrogens with zero attached hydrogens (tertiary/aromatic N) is 2. The van der Waals surface area contributed by atoms with Crippen molar-refractivity contribution in [3.05, 3.63) is 29.3 Å². The number of carboxylic acids is 1. The molecule has 2 aromatic heterocycles. The Morgan fingerprint density at radius 2 is 2.32 bits per heavy atom. The summed E-state index contributed by atoms with van der Waals surface area (Å²) in [6, 6.07) is 3.82. The van der Waals surface area contributed by atoms with Crippen molar-refractivity contribution in [3.63, 3.8) is 0 Å². The highest BCUT2D eigenvalue weighted by atomic mass is 32.1. The number of carbonyl (C=O) groups is 1. The number of hydrogen-bond donors (Lipinski definition) is 2. The summed E-state index contributed by atoms with van der Waals surface area (Å²) in [5.41, 5.74) is 0.0981. The summed E-state index contributed by atoms with van der Waals surface area (Å²) in [4.78, 5) is 20.5. The van der Waals surface area contributed by atoms with E-state index < -0.39 is 5.97 Å². The van der Waals surface area contributed by atoms with Crippen LogP contribution >= 0.6 is 11.3 Å². The van der Waals surface area contributed by atoms with E-state index in [-0.39, 0.29) is 5.56 Å². The molecule has 0 saturated heterocycles. The second-order valence-electron chi connectivity index (χ2n) is 4.51. The third-order valence-electron chi connectivity index (χ3n) is 2.44. The van der Waals surface area contributed by atoms with E-state index in [1.807, 2.05) is 17.5 Å². The molecule has 0 aliphatic rings. The molecule has 2 N–H and O–H groups in total. The van der Waals surface area contributed by atoms with Crippen LogP contribution in [0.25, 0.3) is 10.7 Å². The number of hydrogen-bond acceptors (Lipinski definition) is 5. The predicted molar refractivity (Wildman–Crippen MR) is 75.6 cm³/mol. The molecule has 0 aliphatic carbocycles. The molecule has 5 nitrogen and oxygen atoms in total. The van der Waals surface area contributed by atoms with Crippen molar-refractivity contribution in [1.82, 2.24) is 9.97 Å². The van der Waals surface area contributed by atoms with Gasteiger partial charge in [-0.1, -0.05) is 19.9 Å². The van der Waals surface area contributed by atoms with Gasteiger partial charge >= 0.3 is 5.97 Å². The molecule has 100 valence electrons. The maximum absolute atomic E-state index is 11.1. The Morgan fingerprint density at radius 3 is 2.89 bits per heavy atom. The van der Waals surface area contributed by atoms with E-state index in [9.17, 15) is 4.79 Å². The largest absolute Gasteiger partial charge is 0.477 e. The van der Waals surface area contributed by atoms with Crippen LogP contribution in [0, 0.1) is 5.92 Å². The first-order chi connectivity index (χ1) is 9.08. The molecular weight excluding hydrogens is 262 g/mol. The average Bonchev–Trinajstić information content (AvgIpc) is 2.89. The first kappa shape index (κ1) is 13.5. The molecule has 19 heavy (non-hydrogen) atoms. The molecule has 0 radical (unpaired) electrons. The Bertz CT molecular complexity index is 567. The number of carboxylic acid groups (broad SMARTS) is 1. The van der Waals surface area contributed by atoms with E-state index >= 15 is 0 Å². The van der Waals surface area contributed by atoms with Crippen LogP contribution < -0.4 is 5.32 Å². The van der Waals surface area contributed by atoms with Gasteiger partial charge in [0.15, 0.2) is 5.82 Å². The molecule has 2 rings (SSSR count). The number of rotatable bonds is 5. The summed E-state index contributed by atoms with van der Waals surface area (Å²) >= 11 is 1.52. The van der Waals surface area contributed by atoms with Crippen molar-refractivity contribution >= 4 is 23.1 Å². The summed E-state index contributed by atoms with van der Waals surface area (Å²) in [5, 5.41) is 14.1. The first-order valence-electron chi connectivity index (χ1n) is 5.96. The van der Waals surface area contributed by atoms with Crippen LogP contribution in [0.3, 0.4) is 0 Å². The zero-order chi connectivity index (χ0) is 13.8. The Hall–Kier alpha value is -1.95. The second kappa shape index (κ2) is 5.79. The molecule has 0 aliphatic heterocycles. The highest BCUT2D eigenvalue weighted by molar-refractivity contribution is 7.13. The topological polar surface area (TPSA) is 75.1 Å². The number of anilines is 1. The van der Waals surface area contributed by atoms with Gasteiger partial charge in [0, 0.05) is 12.7 Å². The highest BCUT2D eigenvalue weighted by Crippen LogP contribution is 2.23. The fraction of sp³-hybridized carbons (Fsp3) is 0.308. The van der Waals surface area contributed by atoms with E-state index in [0.717, 1.165) is 4.88 Å². The predicted octanol–water partition coefficient (Wildman–Crippen LogP) is 2.97. The lowest BCUT2D eigenvalue weighted by atomic mass is 10.2. The number of aromatic carboxylic acids is 1. The number of thiophene rings is 1. The van der Waals surface area contributed by atoms with Crippen molar-refractivity contribution in [1.29, 1.82) is 0 Å². The Kier molecular flexibility index (Phi) is 4.11. The second-order valence-corrected chi connectivity index (χ2v) is 5.46. The molecule has 0 amide bonds. The Labute approximate surface area is 115 Å². The molecule has 2 heterocycles. The fourth-order valence-electron chi connectivity index (χ4n) is 1.50. The van der Waals surface area contributed by atoms with Crippen molar-refractivity contribution in [2.75, 3.05) is 11.9 Å². The van der Waals surface area contributed by atoms with E-state index in [1.54, 1.807) is 0 Å². The van der Waals surface area contributed by atoms with Crippen LogP contribution in [0.5, 0.6) is 0 Å². The van der Waals surface area contributed by atoms with Crippen molar-refractivity contribution in [2.45, 2.75) is 13.8 Å². The third kappa shape index (κ3) is 3.29. The van der Waals surface area contributed by atoms with Gasteiger partial charge in [0.1, 0.15) is 11.4 Å². The number of nitrogens with one attached hydrogen (secondary N) is 1. The quantitative estimate of drug-likeness (QED) is 0.878. The minimum Gasteiger partial charge on any atom is -0.477 e. The van der Waals surface area contributed by atoms with Crippen LogP contribution in [-0.2, 0) is 0 Å². The van der Waals surface area contributed by atoms with E-state index in [2.05, 4.69) is 29.1 Å². The fourth-order valence-corrected chi connectivity index (χ4v) is 2.16. The smallest absolute Gasteiger partial charge is 0.341 e. The van der Waals surface area contributed by atoms with Crippen LogP contribution in [-0.4, -0.2) is 27.6 Å². The highest BCUT2D eigenvalue weighted by Gasteiger charge is 2.14. The lowest BCUT2D eigenvalue weighted by molar-refractivity contribution is 0.0697. The summed E-state index contributed by atoms with van der Waals surface area (Å²) in [7, 11) is 0. The maximum Gasteiger partial charge on any atom is 0.341 e. The lowest BCUT2D eigenvalue weighted by Gasteiger charge is -2.11.